The van der Waals surface area contributed by atoms with Crippen molar-refractivity contribution in [3.63, 3.8) is 0 Å². The van der Waals surface area contributed by atoms with Crippen molar-refractivity contribution in [3.05, 3.63) is 88.0 Å². The first-order valence-corrected chi connectivity index (χ1v) is 15.8. The summed E-state index contributed by atoms with van der Waals surface area (Å²) in [6.45, 7) is 2.13. The van der Waals surface area contributed by atoms with Crippen molar-refractivity contribution in [3.8, 4) is 11.1 Å². The molecule has 10 heteroatoms. The molecule has 0 atom stereocenters. The van der Waals surface area contributed by atoms with E-state index in [-0.39, 0.29) is 33.0 Å². The molecule has 4 fully saturated rings. The third-order valence-electron chi connectivity index (χ3n) is 9.29. The Balaban J connectivity index is 1.14. The molecule has 0 unspecified atom stereocenters. The van der Waals surface area contributed by atoms with Gasteiger partial charge in [0.1, 0.15) is 5.69 Å². The van der Waals surface area contributed by atoms with E-state index in [4.69, 9.17) is 0 Å². The second-order valence-electron chi connectivity index (χ2n) is 12.4. The molecule has 0 spiro atoms. The van der Waals surface area contributed by atoms with Crippen molar-refractivity contribution < 1.29 is 22.9 Å². The number of carbonyl (C=O) groups is 2. The van der Waals surface area contributed by atoms with Gasteiger partial charge in [0.15, 0.2) is 5.78 Å². The quantitative estimate of drug-likeness (QED) is 0.173. The van der Waals surface area contributed by atoms with Crippen molar-refractivity contribution in [1.82, 2.24) is 4.72 Å². The van der Waals surface area contributed by atoms with Crippen molar-refractivity contribution in [2.45, 2.75) is 50.3 Å². The zero-order valence-corrected chi connectivity index (χ0v) is 24.2. The molecule has 4 aliphatic carbocycles. The Morgan fingerprint density at radius 2 is 1.38 bits per heavy atom. The lowest BCUT2D eigenvalue weighted by Crippen LogP contribution is -2.49. The summed E-state index contributed by atoms with van der Waals surface area (Å²) in [6, 6.07) is 17.1. The Bertz CT molecular complexity index is 1630. The van der Waals surface area contributed by atoms with E-state index in [0.29, 0.717) is 12.1 Å². The highest BCUT2D eigenvalue weighted by atomic mass is 32.2. The van der Waals surface area contributed by atoms with Gasteiger partial charge < -0.3 is 5.32 Å². The van der Waals surface area contributed by atoms with E-state index in [0.717, 1.165) is 54.2 Å². The number of hydrogen-bond donors (Lipinski definition) is 2. The number of carbonyl (C=O) groups excluding carboxylic acids is 2. The first kappa shape index (κ1) is 28.1. The number of nitro benzene ring substituents is 1. The van der Waals surface area contributed by atoms with Crippen molar-refractivity contribution in [2.24, 2.45) is 23.2 Å². The minimum Gasteiger partial charge on any atom is -0.379 e. The van der Waals surface area contributed by atoms with Crippen LogP contribution in [-0.2, 0) is 10.0 Å². The third-order valence-corrected chi connectivity index (χ3v) is 10.6. The SMILES string of the molecule is CC(=O)c1ccc(-c2ccc(C(=O)NS(=O)(=O)c3ccc(NCC45CC6CC(CC(C6)C4)C5)c([N+](=O)[O-])c3)cc2)cc1. The fraction of sp³-hybridized carbons (Fsp3) is 0.375. The van der Waals surface area contributed by atoms with Crippen LogP contribution in [0.4, 0.5) is 11.4 Å². The van der Waals surface area contributed by atoms with Gasteiger partial charge in [-0.2, -0.15) is 0 Å². The molecule has 4 bridgehead atoms. The van der Waals surface area contributed by atoms with E-state index in [1.807, 2.05) is 4.72 Å². The zero-order chi connectivity index (χ0) is 29.6. The molecule has 2 N–H and O–H groups in total. The highest BCUT2D eigenvalue weighted by Gasteiger charge is 2.50. The third kappa shape index (κ3) is 5.55. The van der Waals surface area contributed by atoms with Crippen LogP contribution < -0.4 is 10.0 Å². The molecule has 0 saturated heterocycles. The molecule has 7 rings (SSSR count). The largest absolute Gasteiger partial charge is 0.379 e. The summed E-state index contributed by atoms with van der Waals surface area (Å²) in [5, 5.41) is 15.2. The number of nitrogens with one attached hydrogen (secondary N) is 2. The summed E-state index contributed by atoms with van der Waals surface area (Å²) in [5.74, 6) is 1.36. The molecule has 4 saturated carbocycles. The van der Waals surface area contributed by atoms with Gasteiger partial charge in [0.25, 0.3) is 21.6 Å². The molecule has 1 amide bonds. The Labute approximate surface area is 244 Å². The van der Waals surface area contributed by atoms with Gasteiger partial charge in [0.05, 0.1) is 9.82 Å². The minimum atomic E-state index is -4.37. The molecule has 0 aromatic heterocycles. The highest BCUT2D eigenvalue weighted by molar-refractivity contribution is 7.90. The second kappa shape index (κ2) is 10.7. The maximum absolute atomic E-state index is 13.1. The normalized spacial score (nSPS) is 24.3. The molecular formula is C32H33N3O6S. The number of sulfonamides is 1. The topological polar surface area (TPSA) is 135 Å². The summed E-state index contributed by atoms with van der Waals surface area (Å²) in [7, 11) is -4.37. The summed E-state index contributed by atoms with van der Waals surface area (Å²) >= 11 is 0. The van der Waals surface area contributed by atoms with E-state index >= 15 is 0 Å². The molecule has 9 nitrogen and oxygen atoms in total. The predicted octanol–water partition coefficient (Wildman–Crippen LogP) is 6.21. The molecule has 3 aromatic carbocycles. The average molecular weight is 588 g/mol. The lowest BCUT2D eigenvalue weighted by molar-refractivity contribution is -0.384. The van der Waals surface area contributed by atoms with Crippen LogP contribution in [0.25, 0.3) is 11.1 Å². The van der Waals surface area contributed by atoms with E-state index in [2.05, 4.69) is 5.32 Å². The van der Waals surface area contributed by atoms with Gasteiger partial charge in [-0.15, -0.1) is 0 Å². The van der Waals surface area contributed by atoms with Gasteiger partial charge in [0, 0.05) is 23.7 Å². The van der Waals surface area contributed by atoms with Gasteiger partial charge in [-0.25, -0.2) is 13.1 Å². The maximum atomic E-state index is 13.1. The van der Waals surface area contributed by atoms with Crippen molar-refractivity contribution in [2.75, 3.05) is 11.9 Å². The maximum Gasteiger partial charge on any atom is 0.293 e. The summed E-state index contributed by atoms with van der Waals surface area (Å²) in [6.07, 6.45) is 7.34. The Morgan fingerprint density at radius 1 is 0.857 bits per heavy atom. The first-order chi connectivity index (χ1) is 20.0. The molecule has 3 aromatic rings. The number of nitro groups is 1. The van der Waals surface area contributed by atoms with E-state index in [1.54, 1.807) is 36.4 Å². The minimum absolute atomic E-state index is 0.0384. The number of amides is 1. The van der Waals surface area contributed by atoms with Gasteiger partial charge in [-0.1, -0.05) is 36.4 Å². The van der Waals surface area contributed by atoms with Gasteiger partial charge >= 0.3 is 0 Å². The van der Waals surface area contributed by atoms with Gasteiger partial charge in [0.2, 0.25) is 0 Å². The Hall–Kier alpha value is -4.05. The fourth-order valence-electron chi connectivity index (χ4n) is 7.72. The van der Waals surface area contributed by atoms with Crippen LogP contribution in [0.5, 0.6) is 0 Å². The number of ketones is 1. The molecular weight excluding hydrogens is 554 g/mol. The predicted molar refractivity (Wildman–Crippen MR) is 159 cm³/mol. The van der Waals surface area contributed by atoms with Gasteiger partial charge in [-0.3, -0.25) is 19.7 Å². The van der Waals surface area contributed by atoms with Crippen LogP contribution in [0.2, 0.25) is 0 Å². The molecule has 0 heterocycles. The molecule has 42 heavy (non-hydrogen) atoms. The lowest BCUT2D eigenvalue weighted by atomic mass is 9.49. The van der Waals surface area contributed by atoms with Crippen LogP contribution in [0, 0.1) is 33.3 Å². The van der Waals surface area contributed by atoms with Crippen LogP contribution >= 0.6 is 0 Å². The second-order valence-corrected chi connectivity index (χ2v) is 14.0. The van der Waals surface area contributed by atoms with E-state index < -0.39 is 20.9 Å². The number of Topliss-reactive ketones (excluding diaryl/α,β-unsaturated/α-hetero) is 1. The lowest BCUT2D eigenvalue weighted by Gasteiger charge is -2.57. The highest BCUT2D eigenvalue weighted by Crippen LogP contribution is 2.60. The van der Waals surface area contributed by atoms with Crippen LogP contribution in [0.15, 0.2) is 71.6 Å². The molecule has 0 radical (unpaired) electrons. The molecule has 4 aliphatic rings. The fourth-order valence-corrected chi connectivity index (χ4v) is 8.71. The number of hydrogen-bond acceptors (Lipinski definition) is 7. The van der Waals surface area contributed by atoms with Crippen molar-refractivity contribution in [1.29, 1.82) is 0 Å². The van der Waals surface area contributed by atoms with Crippen LogP contribution in [-0.4, -0.2) is 31.6 Å². The van der Waals surface area contributed by atoms with E-state index in [1.165, 1.54) is 50.5 Å². The number of rotatable bonds is 9. The Kier molecular flexibility index (Phi) is 7.12. The number of benzene rings is 3. The summed E-state index contributed by atoms with van der Waals surface area (Å²) < 4.78 is 28.2. The van der Waals surface area contributed by atoms with Crippen LogP contribution in [0.3, 0.4) is 0 Å². The van der Waals surface area contributed by atoms with Crippen LogP contribution in [0.1, 0.15) is 66.2 Å². The standard InChI is InChI=1S/C32H33N3O6S/c1-20(36)24-2-4-25(5-3-24)26-6-8-27(9-7-26)31(37)34-42(40,41)28-10-11-29(30(15-28)35(38)39)33-19-32-16-21-12-22(17-32)14-23(13-21)18-32/h2-11,15,21-23,33H,12-14,16-19H2,1H3,(H,34,37). The number of nitrogens with zero attached hydrogens (tertiary/aromatic N) is 1. The van der Waals surface area contributed by atoms with Crippen molar-refractivity contribution >= 4 is 33.1 Å². The Morgan fingerprint density at radius 3 is 1.88 bits per heavy atom. The van der Waals surface area contributed by atoms with Gasteiger partial charge in [-0.05, 0) is 104 Å². The molecule has 218 valence electrons. The van der Waals surface area contributed by atoms with E-state index in [9.17, 15) is 28.1 Å². The first-order valence-electron chi connectivity index (χ1n) is 14.3. The molecule has 0 aliphatic heterocycles. The average Bonchev–Trinajstić information content (AvgIpc) is 2.95. The monoisotopic (exact) mass is 587 g/mol. The summed E-state index contributed by atoms with van der Waals surface area (Å²) in [5.41, 5.74) is 2.43. The summed E-state index contributed by atoms with van der Waals surface area (Å²) in [4.78, 5) is 35.3. The number of anilines is 1. The smallest absolute Gasteiger partial charge is 0.293 e. The zero-order valence-electron chi connectivity index (χ0n) is 23.3.